The van der Waals surface area contributed by atoms with Gasteiger partial charge in [0.25, 0.3) is 11.7 Å². The molecule has 0 aliphatic carbocycles. The van der Waals surface area contributed by atoms with Gasteiger partial charge in [-0.2, -0.15) is 0 Å². The van der Waals surface area contributed by atoms with Gasteiger partial charge in [-0.05, 0) is 52.9 Å². The number of ether oxygens (including phenoxy) is 3. The van der Waals surface area contributed by atoms with E-state index >= 15 is 0 Å². The van der Waals surface area contributed by atoms with Crippen molar-refractivity contribution >= 4 is 28.8 Å². The molecular formula is C32H36N2O6. The molecule has 210 valence electrons. The molecule has 0 saturated carbocycles. The summed E-state index contributed by atoms with van der Waals surface area (Å²) < 4.78 is 16.4. The first-order valence-electron chi connectivity index (χ1n) is 12.9. The Morgan fingerprint density at radius 2 is 1.43 bits per heavy atom. The molecule has 0 radical (unpaired) electrons. The topological polar surface area (TPSA) is 88.5 Å². The van der Waals surface area contributed by atoms with Gasteiger partial charge >= 0.3 is 0 Å². The van der Waals surface area contributed by atoms with E-state index in [1.54, 1.807) is 24.3 Å². The molecule has 1 heterocycles. The average Bonchev–Trinajstić information content (AvgIpc) is 3.21. The minimum Gasteiger partial charge on any atom is -0.507 e. The van der Waals surface area contributed by atoms with Gasteiger partial charge in [0.1, 0.15) is 11.5 Å². The molecule has 1 aliphatic rings. The first-order valence-corrected chi connectivity index (χ1v) is 12.9. The number of amides is 1. The van der Waals surface area contributed by atoms with E-state index in [4.69, 9.17) is 14.2 Å². The molecule has 3 aromatic rings. The highest BCUT2D eigenvalue weighted by atomic mass is 16.5. The zero-order valence-corrected chi connectivity index (χ0v) is 24.2. The Kier molecular flexibility index (Phi) is 7.82. The number of ketones is 1. The van der Waals surface area contributed by atoms with Crippen LogP contribution >= 0.6 is 0 Å². The van der Waals surface area contributed by atoms with Crippen LogP contribution in [0.1, 0.15) is 43.5 Å². The third-order valence-electron chi connectivity index (χ3n) is 7.14. The third-order valence-corrected chi connectivity index (χ3v) is 7.14. The van der Waals surface area contributed by atoms with Crippen LogP contribution in [0.25, 0.3) is 5.76 Å². The first kappa shape index (κ1) is 28.5. The summed E-state index contributed by atoms with van der Waals surface area (Å²) in [5.74, 6) is -0.573. The second-order valence-corrected chi connectivity index (χ2v) is 10.9. The molecule has 0 bridgehead atoms. The van der Waals surface area contributed by atoms with E-state index in [1.165, 1.54) is 26.2 Å². The number of aliphatic hydroxyl groups is 1. The van der Waals surface area contributed by atoms with Gasteiger partial charge in [-0.25, -0.2) is 0 Å². The van der Waals surface area contributed by atoms with Gasteiger partial charge in [0.05, 0.1) is 38.5 Å². The summed E-state index contributed by atoms with van der Waals surface area (Å²) in [6.07, 6.45) is 0. The van der Waals surface area contributed by atoms with Crippen LogP contribution < -0.4 is 24.0 Å². The van der Waals surface area contributed by atoms with Crippen LogP contribution in [0.15, 0.2) is 66.2 Å². The average molecular weight is 545 g/mol. The van der Waals surface area contributed by atoms with Gasteiger partial charge in [0.2, 0.25) is 0 Å². The summed E-state index contributed by atoms with van der Waals surface area (Å²) in [5, 5.41) is 11.8. The van der Waals surface area contributed by atoms with Crippen molar-refractivity contribution < 1.29 is 28.9 Å². The number of anilines is 2. The largest absolute Gasteiger partial charge is 0.507 e. The fraction of sp³-hybridized carbons (Fsp3) is 0.312. The smallest absolute Gasteiger partial charge is 0.300 e. The SMILES string of the molecule is COc1ccc(N2C(=O)C(=O)/C(=C(/O)c3cc(C(C)(C)C)ccc3OC)C2c2ccc(N(C)C)cc2)cc1OC. The van der Waals surface area contributed by atoms with Crippen molar-refractivity contribution in [2.75, 3.05) is 45.2 Å². The highest BCUT2D eigenvalue weighted by molar-refractivity contribution is 6.51. The number of Topliss-reactive ketones (excluding diaryl/α,β-unsaturated/α-hetero) is 1. The lowest BCUT2D eigenvalue weighted by atomic mass is 9.85. The van der Waals surface area contributed by atoms with Crippen LogP contribution in [0.4, 0.5) is 11.4 Å². The van der Waals surface area contributed by atoms with Gasteiger partial charge in [0, 0.05) is 31.5 Å². The minimum absolute atomic E-state index is 0.0262. The molecule has 0 spiro atoms. The lowest BCUT2D eigenvalue weighted by molar-refractivity contribution is -0.132. The molecule has 3 aromatic carbocycles. The molecule has 1 unspecified atom stereocenters. The lowest BCUT2D eigenvalue weighted by Gasteiger charge is -2.27. The van der Waals surface area contributed by atoms with Crippen LogP contribution in [-0.2, 0) is 15.0 Å². The Balaban J connectivity index is 2.00. The van der Waals surface area contributed by atoms with Crippen LogP contribution in [0.2, 0.25) is 0 Å². The quantitative estimate of drug-likeness (QED) is 0.232. The number of benzene rings is 3. The van der Waals surface area contributed by atoms with Crippen LogP contribution in [0, 0.1) is 0 Å². The van der Waals surface area contributed by atoms with E-state index < -0.39 is 17.7 Å². The third kappa shape index (κ3) is 5.09. The highest BCUT2D eigenvalue weighted by Gasteiger charge is 2.47. The molecule has 40 heavy (non-hydrogen) atoms. The molecule has 8 heteroatoms. The van der Waals surface area contributed by atoms with E-state index in [0.29, 0.717) is 34.1 Å². The van der Waals surface area contributed by atoms with E-state index in [9.17, 15) is 14.7 Å². The minimum atomic E-state index is -0.905. The van der Waals surface area contributed by atoms with E-state index in [0.717, 1.165) is 11.3 Å². The van der Waals surface area contributed by atoms with Gasteiger partial charge in [0.15, 0.2) is 11.5 Å². The van der Waals surface area contributed by atoms with Crippen LogP contribution in [0.3, 0.4) is 0 Å². The first-order chi connectivity index (χ1) is 18.9. The predicted octanol–water partition coefficient (Wildman–Crippen LogP) is 5.70. The Hall–Kier alpha value is -4.46. The van der Waals surface area contributed by atoms with Crippen molar-refractivity contribution in [3.8, 4) is 17.2 Å². The van der Waals surface area contributed by atoms with Crippen molar-refractivity contribution in [2.24, 2.45) is 0 Å². The number of nitrogens with zero attached hydrogens (tertiary/aromatic N) is 2. The Morgan fingerprint density at radius 3 is 1.98 bits per heavy atom. The molecule has 1 aliphatic heterocycles. The maximum atomic E-state index is 13.7. The predicted molar refractivity (Wildman–Crippen MR) is 157 cm³/mol. The fourth-order valence-electron chi connectivity index (χ4n) is 4.85. The monoisotopic (exact) mass is 544 g/mol. The summed E-state index contributed by atoms with van der Waals surface area (Å²) in [5.41, 5.74) is 3.07. The Morgan fingerprint density at radius 1 is 0.825 bits per heavy atom. The molecule has 1 saturated heterocycles. The number of rotatable bonds is 7. The lowest BCUT2D eigenvalue weighted by Crippen LogP contribution is -2.29. The number of hydrogen-bond donors (Lipinski definition) is 1. The summed E-state index contributed by atoms with van der Waals surface area (Å²) in [4.78, 5) is 30.7. The molecule has 1 atom stereocenters. The number of carbonyl (C=O) groups is 2. The molecule has 0 aromatic heterocycles. The molecule has 8 nitrogen and oxygen atoms in total. The van der Waals surface area contributed by atoms with E-state index in [2.05, 4.69) is 20.8 Å². The standard InChI is InChI=1S/C32H36N2O6/c1-32(2,3)20-11-15-24(38-6)23(17-20)29(35)27-28(19-9-12-21(13-10-19)33(4)5)34(31(37)30(27)36)22-14-16-25(39-7)26(18-22)40-8/h9-18,28,35H,1-8H3/b29-27+. The van der Waals surface area contributed by atoms with Crippen LogP contribution in [-0.4, -0.2) is 52.2 Å². The van der Waals surface area contributed by atoms with Crippen molar-refractivity contribution in [1.82, 2.24) is 0 Å². The summed E-state index contributed by atoms with van der Waals surface area (Å²) in [6.45, 7) is 6.17. The Labute approximate surface area is 235 Å². The zero-order chi connectivity index (χ0) is 29.4. The number of aliphatic hydroxyl groups excluding tert-OH is 1. The second kappa shape index (κ2) is 11.0. The van der Waals surface area contributed by atoms with Crippen molar-refractivity contribution in [3.63, 3.8) is 0 Å². The molecule has 1 amide bonds. The molecule has 1 fully saturated rings. The van der Waals surface area contributed by atoms with Gasteiger partial charge in [-0.3, -0.25) is 14.5 Å². The zero-order valence-electron chi connectivity index (χ0n) is 24.2. The van der Waals surface area contributed by atoms with Crippen LogP contribution in [0.5, 0.6) is 17.2 Å². The Bertz CT molecular complexity index is 1470. The number of hydrogen-bond acceptors (Lipinski definition) is 7. The fourth-order valence-corrected chi connectivity index (χ4v) is 4.85. The number of methoxy groups -OCH3 is 3. The van der Waals surface area contributed by atoms with Gasteiger partial charge < -0.3 is 24.2 Å². The van der Waals surface area contributed by atoms with E-state index in [1.807, 2.05) is 55.4 Å². The van der Waals surface area contributed by atoms with Crippen molar-refractivity contribution in [1.29, 1.82) is 0 Å². The summed E-state index contributed by atoms with van der Waals surface area (Å²) in [7, 11) is 8.39. The number of carbonyl (C=O) groups excluding carboxylic acids is 2. The normalized spacial score (nSPS) is 16.7. The maximum Gasteiger partial charge on any atom is 0.300 e. The van der Waals surface area contributed by atoms with Gasteiger partial charge in [-0.1, -0.05) is 39.0 Å². The van der Waals surface area contributed by atoms with Crippen molar-refractivity contribution in [2.45, 2.75) is 32.2 Å². The second-order valence-electron chi connectivity index (χ2n) is 10.9. The molecular weight excluding hydrogens is 508 g/mol. The molecule has 1 N–H and O–H groups in total. The maximum absolute atomic E-state index is 13.7. The summed E-state index contributed by atoms with van der Waals surface area (Å²) >= 11 is 0. The van der Waals surface area contributed by atoms with Gasteiger partial charge in [-0.15, -0.1) is 0 Å². The summed E-state index contributed by atoms with van der Waals surface area (Å²) in [6, 6.07) is 17.1. The molecule has 4 rings (SSSR count). The van der Waals surface area contributed by atoms with E-state index in [-0.39, 0.29) is 16.7 Å². The highest BCUT2D eigenvalue weighted by Crippen LogP contribution is 2.45. The van der Waals surface area contributed by atoms with Crippen molar-refractivity contribution in [3.05, 3.63) is 82.9 Å².